The SMILES string of the molecule is CC1CC2CC(=O)C3CC2C(C1)N(C(=O)OC(C)(C)C)C3. The van der Waals surface area contributed by atoms with Gasteiger partial charge in [-0.2, -0.15) is 0 Å². The molecule has 2 bridgehead atoms. The highest BCUT2D eigenvalue weighted by Gasteiger charge is 2.51. The van der Waals surface area contributed by atoms with Crippen molar-refractivity contribution in [2.75, 3.05) is 6.54 Å². The largest absolute Gasteiger partial charge is 0.444 e. The first kappa shape index (κ1) is 14.9. The van der Waals surface area contributed by atoms with E-state index in [9.17, 15) is 9.59 Å². The lowest BCUT2D eigenvalue weighted by Crippen LogP contribution is -2.60. The number of ether oxygens (including phenoxy) is 1. The fourth-order valence-electron chi connectivity index (χ4n) is 4.60. The lowest BCUT2D eigenvalue weighted by atomic mass is 9.60. The zero-order valence-electron chi connectivity index (χ0n) is 13.6. The van der Waals surface area contributed by atoms with E-state index < -0.39 is 5.60 Å². The summed E-state index contributed by atoms with van der Waals surface area (Å²) in [6.07, 6.45) is 3.69. The van der Waals surface area contributed by atoms with Gasteiger partial charge >= 0.3 is 6.09 Å². The lowest BCUT2D eigenvalue weighted by Gasteiger charge is -2.53. The topological polar surface area (TPSA) is 46.6 Å². The first-order valence-corrected chi connectivity index (χ1v) is 8.27. The number of likely N-dealkylation sites (tertiary alicyclic amines) is 1. The summed E-state index contributed by atoms with van der Waals surface area (Å²) in [5.74, 6) is 1.97. The fourth-order valence-corrected chi connectivity index (χ4v) is 4.60. The van der Waals surface area contributed by atoms with E-state index in [4.69, 9.17) is 4.74 Å². The molecule has 0 aromatic carbocycles. The Bertz CT molecular complexity index is 453. The second-order valence-corrected chi connectivity index (χ2v) is 8.30. The molecular formula is C17H27NO3. The third-order valence-electron chi connectivity index (χ3n) is 5.37. The van der Waals surface area contributed by atoms with Crippen LogP contribution in [0.15, 0.2) is 0 Å². The van der Waals surface area contributed by atoms with Crippen LogP contribution < -0.4 is 0 Å². The van der Waals surface area contributed by atoms with Gasteiger partial charge in [-0.25, -0.2) is 4.79 Å². The Morgan fingerprint density at radius 3 is 2.62 bits per heavy atom. The molecule has 0 aromatic heterocycles. The number of ketones is 1. The predicted octanol–water partition coefficient (Wildman–Crippen LogP) is 3.25. The molecule has 1 heterocycles. The van der Waals surface area contributed by atoms with Gasteiger partial charge in [0.1, 0.15) is 11.4 Å². The van der Waals surface area contributed by atoms with Crippen molar-refractivity contribution in [2.45, 2.75) is 65.0 Å². The summed E-state index contributed by atoms with van der Waals surface area (Å²) in [7, 11) is 0. The van der Waals surface area contributed by atoms with E-state index in [0.29, 0.717) is 30.1 Å². The molecule has 1 amide bonds. The third kappa shape index (κ3) is 2.82. The van der Waals surface area contributed by atoms with Crippen LogP contribution in [0.4, 0.5) is 4.79 Å². The van der Waals surface area contributed by atoms with Gasteiger partial charge in [0, 0.05) is 24.9 Å². The number of amides is 1. The average Bonchev–Trinajstić information content (AvgIpc) is 2.34. The number of Topliss-reactive ketones (excluding diaryl/α,β-unsaturated/α-hetero) is 1. The van der Waals surface area contributed by atoms with Crippen LogP contribution in [0.2, 0.25) is 0 Å². The molecule has 4 heteroatoms. The van der Waals surface area contributed by atoms with Crippen LogP contribution in [-0.2, 0) is 9.53 Å². The molecule has 0 N–H and O–H groups in total. The van der Waals surface area contributed by atoms with Crippen molar-refractivity contribution in [3.8, 4) is 0 Å². The van der Waals surface area contributed by atoms with E-state index in [1.165, 1.54) is 0 Å². The summed E-state index contributed by atoms with van der Waals surface area (Å²) in [5, 5.41) is 0. The normalized spacial score (nSPS) is 39.1. The number of carbonyl (C=O) groups is 2. The first-order valence-electron chi connectivity index (χ1n) is 8.27. The van der Waals surface area contributed by atoms with Gasteiger partial charge in [-0.15, -0.1) is 0 Å². The molecule has 3 rings (SSSR count). The quantitative estimate of drug-likeness (QED) is 0.689. The molecule has 3 aliphatic rings. The van der Waals surface area contributed by atoms with Gasteiger partial charge in [0.2, 0.25) is 0 Å². The van der Waals surface area contributed by atoms with Gasteiger partial charge in [-0.1, -0.05) is 6.92 Å². The maximum absolute atomic E-state index is 12.6. The molecule has 2 aliphatic carbocycles. The number of hydrogen-bond donors (Lipinski definition) is 0. The predicted molar refractivity (Wildman–Crippen MR) is 79.8 cm³/mol. The summed E-state index contributed by atoms with van der Waals surface area (Å²) in [6, 6.07) is 0.276. The number of carbonyl (C=O) groups excluding carboxylic acids is 2. The molecule has 118 valence electrons. The smallest absolute Gasteiger partial charge is 0.410 e. The van der Waals surface area contributed by atoms with Crippen LogP contribution >= 0.6 is 0 Å². The van der Waals surface area contributed by atoms with Crippen LogP contribution in [0.1, 0.15) is 53.4 Å². The Morgan fingerprint density at radius 1 is 1.24 bits per heavy atom. The summed E-state index contributed by atoms with van der Waals surface area (Å²) in [4.78, 5) is 26.7. The van der Waals surface area contributed by atoms with Gasteiger partial charge in [-0.05, 0) is 57.8 Å². The van der Waals surface area contributed by atoms with Crippen molar-refractivity contribution in [3.05, 3.63) is 0 Å². The van der Waals surface area contributed by atoms with Crippen LogP contribution in [0, 0.1) is 23.7 Å². The van der Waals surface area contributed by atoms with E-state index in [0.717, 1.165) is 25.7 Å². The molecule has 0 spiro atoms. The molecule has 2 saturated carbocycles. The molecule has 4 nitrogen and oxygen atoms in total. The van der Waals surface area contributed by atoms with Crippen molar-refractivity contribution >= 4 is 11.9 Å². The highest BCUT2D eigenvalue weighted by molar-refractivity contribution is 5.83. The maximum Gasteiger partial charge on any atom is 0.410 e. The van der Waals surface area contributed by atoms with Crippen molar-refractivity contribution in [1.29, 1.82) is 0 Å². The monoisotopic (exact) mass is 293 g/mol. The average molecular weight is 293 g/mol. The summed E-state index contributed by atoms with van der Waals surface area (Å²) in [5.41, 5.74) is -0.479. The molecule has 5 unspecified atom stereocenters. The van der Waals surface area contributed by atoms with E-state index in [2.05, 4.69) is 6.92 Å². The minimum absolute atomic E-state index is 0.0448. The number of piperidine rings is 1. The first-order chi connectivity index (χ1) is 9.74. The second-order valence-electron chi connectivity index (χ2n) is 8.30. The van der Waals surface area contributed by atoms with E-state index in [1.54, 1.807) is 0 Å². The summed E-state index contributed by atoms with van der Waals surface area (Å²) in [6.45, 7) is 8.50. The third-order valence-corrected chi connectivity index (χ3v) is 5.37. The van der Waals surface area contributed by atoms with Gasteiger partial charge in [-0.3, -0.25) is 4.79 Å². The minimum atomic E-state index is -0.479. The van der Waals surface area contributed by atoms with Crippen LogP contribution in [0.3, 0.4) is 0 Å². The van der Waals surface area contributed by atoms with Crippen molar-refractivity contribution < 1.29 is 14.3 Å². The summed E-state index contributed by atoms with van der Waals surface area (Å²) >= 11 is 0. The number of nitrogens with zero attached hydrogens (tertiary/aromatic N) is 1. The van der Waals surface area contributed by atoms with Gasteiger partial charge < -0.3 is 9.64 Å². The molecule has 5 atom stereocenters. The molecule has 21 heavy (non-hydrogen) atoms. The molecule has 3 fully saturated rings. The van der Waals surface area contributed by atoms with Crippen molar-refractivity contribution in [3.63, 3.8) is 0 Å². The Balaban J connectivity index is 1.84. The standard InChI is InChI=1S/C17H27NO3/c1-10-5-11-8-15(19)12-7-13(11)14(6-10)18(9-12)16(20)21-17(2,3)4/h10-14H,5-9H2,1-4H3. The maximum atomic E-state index is 12.6. The van der Waals surface area contributed by atoms with Crippen LogP contribution in [0.25, 0.3) is 0 Å². The van der Waals surface area contributed by atoms with E-state index in [-0.39, 0.29) is 18.1 Å². The minimum Gasteiger partial charge on any atom is -0.444 e. The Labute approximate surface area is 127 Å². The van der Waals surface area contributed by atoms with Crippen molar-refractivity contribution in [2.24, 2.45) is 23.7 Å². The van der Waals surface area contributed by atoms with E-state index in [1.807, 2.05) is 25.7 Å². The Morgan fingerprint density at radius 2 is 1.95 bits per heavy atom. The van der Waals surface area contributed by atoms with Crippen molar-refractivity contribution in [1.82, 2.24) is 4.90 Å². The van der Waals surface area contributed by atoms with E-state index >= 15 is 0 Å². The molecule has 0 aromatic rings. The fraction of sp³-hybridized carbons (Fsp3) is 0.882. The molecular weight excluding hydrogens is 266 g/mol. The highest BCUT2D eigenvalue weighted by Crippen LogP contribution is 2.48. The Kier molecular flexibility index (Phi) is 3.53. The molecule has 1 saturated heterocycles. The second kappa shape index (κ2) is 4.99. The van der Waals surface area contributed by atoms with Crippen LogP contribution in [-0.4, -0.2) is 35.0 Å². The van der Waals surface area contributed by atoms with Gasteiger partial charge in [0.05, 0.1) is 0 Å². The number of hydrogen-bond acceptors (Lipinski definition) is 3. The number of rotatable bonds is 0. The highest BCUT2D eigenvalue weighted by atomic mass is 16.6. The summed E-state index contributed by atoms with van der Waals surface area (Å²) < 4.78 is 5.58. The zero-order valence-corrected chi connectivity index (χ0v) is 13.6. The Hall–Kier alpha value is -1.06. The van der Waals surface area contributed by atoms with Gasteiger partial charge in [0.15, 0.2) is 0 Å². The number of fused-ring (bicyclic) bond motifs is 1. The van der Waals surface area contributed by atoms with Gasteiger partial charge in [0.25, 0.3) is 0 Å². The zero-order chi connectivity index (χ0) is 15.4. The lowest BCUT2D eigenvalue weighted by molar-refractivity contribution is -0.137. The van der Waals surface area contributed by atoms with Crippen LogP contribution in [0.5, 0.6) is 0 Å². The molecule has 1 aliphatic heterocycles. The molecule has 0 radical (unpaired) electrons.